The highest BCUT2D eigenvalue weighted by Crippen LogP contribution is 2.22. The molecule has 8 heteroatoms. The van der Waals surface area contributed by atoms with Gasteiger partial charge in [-0.25, -0.2) is 28.4 Å². The van der Waals surface area contributed by atoms with Gasteiger partial charge in [-0.1, -0.05) is 0 Å². The highest BCUT2D eigenvalue weighted by molar-refractivity contribution is 7.90. The maximum Gasteiger partial charge on any atom is 0.247 e. The monoisotopic (exact) mass is 325 g/mol. The van der Waals surface area contributed by atoms with Crippen molar-refractivity contribution >= 4 is 26.4 Å². The molecule has 0 fully saturated rings. The molecule has 0 saturated carbocycles. The van der Waals surface area contributed by atoms with E-state index in [9.17, 15) is 8.42 Å². The van der Waals surface area contributed by atoms with E-state index in [1.807, 2.05) is 28.7 Å². The first-order chi connectivity index (χ1) is 11.0. The first-order valence-electron chi connectivity index (χ1n) is 6.78. The van der Waals surface area contributed by atoms with Gasteiger partial charge in [-0.3, -0.25) is 4.40 Å². The standard InChI is InChI=1S/C15H11N5O2S/c1-23(21,22)15-17-7-5-13(19-15)12-3-2-10-8-11-4-6-16-9-20(11)14(10)18-12/h2-9H,1H3. The third-order valence-corrected chi connectivity index (χ3v) is 4.32. The molecule has 4 aromatic heterocycles. The Bertz CT molecular complexity index is 1150. The lowest BCUT2D eigenvalue weighted by Crippen LogP contribution is -2.04. The third kappa shape index (κ3) is 2.33. The summed E-state index contributed by atoms with van der Waals surface area (Å²) in [6, 6.07) is 9.27. The SMILES string of the molecule is CS(=O)(=O)c1nccc(-c2ccc3cc4ccncn4c3n2)n1. The number of rotatable bonds is 2. The van der Waals surface area contributed by atoms with Crippen LogP contribution in [0.1, 0.15) is 0 Å². The Labute approximate surface area is 131 Å². The molecular weight excluding hydrogens is 314 g/mol. The Morgan fingerprint density at radius 1 is 1.00 bits per heavy atom. The van der Waals surface area contributed by atoms with E-state index in [1.54, 1.807) is 18.6 Å². The summed E-state index contributed by atoms with van der Waals surface area (Å²) in [5, 5.41) is 0.762. The molecule has 0 bridgehead atoms. The molecule has 4 heterocycles. The molecule has 0 aliphatic carbocycles. The van der Waals surface area contributed by atoms with E-state index in [1.165, 1.54) is 6.20 Å². The van der Waals surface area contributed by atoms with Crippen molar-refractivity contribution in [2.75, 3.05) is 6.26 Å². The fourth-order valence-electron chi connectivity index (χ4n) is 2.40. The van der Waals surface area contributed by atoms with Crippen LogP contribution < -0.4 is 0 Å². The molecule has 0 amide bonds. The summed E-state index contributed by atoms with van der Waals surface area (Å²) < 4.78 is 25.1. The highest BCUT2D eigenvalue weighted by Gasteiger charge is 2.13. The van der Waals surface area contributed by atoms with Crippen LogP contribution in [0.3, 0.4) is 0 Å². The van der Waals surface area contributed by atoms with Gasteiger partial charge in [-0.2, -0.15) is 0 Å². The second kappa shape index (κ2) is 4.82. The number of hydrogen-bond acceptors (Lipinski definition) is 6. The molecule has 114 valence electrons. The van der Waals surface area contributed by atoms with E-state index < -0.39 is 9.84 Å². The lowest BCUT2D eigenvalue weighted by atomic mass is 10.2. The number of nitrogens with zero attached hydrogens (tertiary/aromatic N) is 5. The van der Waals surface area contributed by atoms with Crippen LogP contribution in [0.4, 0.5) is 0 Å². The minimum atomic E-state index is -3.46. The number of fused-ring (bicyclic) bond motifs is 3. The van der Waals surface area contributed by atoms with Crippen LogP contribution in [0.2, 0.25) is 0 Å². The maximum atomic E-state index is 11.6. The minimum Gasteiger partial charge on any atom is -0.285 e. The van der Waals surface area contributed by atoms with Crippen LogP contribution >= 0.6 is 0 Å². The average Bonchev–Trinajstić information content (AvgIpc) is 2.92. The smallest absolute Gasteiger partial charge is 0.247 e. The summed E-state index contributed by atoms with van der Waals surface area (Å²) >= 11 is 0. The summed E-state index contributed by atoms with van der Waals surface area (Å²) in [5.74, 6) is 0. The van der Waals surface area contributed by atoms with Gasteiger partial charge < -0.3 is 0 Å². The van der Waals surface area contributed by atoms with Crippen molar-refractivity contribution < 1.29 is 8.42 Å². The first-order valence-corrected chi connectivity index (χ1v) is 8.67. The van der Waals surface area contributed by atoms with E-state index in [4.69, 9.17) is 0 Å². The molecule has 4 aromatic rings. The molecule has 0 aromatic carbocycles. The van der Waals surface area contributed by atoms with Crippen molar-refractivity contribution in [1.29, 1.82) is 0 Å². The van der Waals surface area contributed by atoms with Crippen LogP contribution in [-0.4, -0.2) is 39.0 Å². The molecule has 0 aliphatic heterocycles. The topological polar surface area (TPSA) is 90.1 Å². The van der Waals surface area contributed by atoms with Crippen molar-refractivity contribution in [3.05, 3.63) is 49.1 Å². The Morgan fingerprint density at radius 3 is 2.65 bits per heavy atom. The molecule has 0 N–H and O–H groups in total. The Balaban J connectivity index is 1.94. The van der Waals surface area contributed by atoms with E-state index in [-0.39, 0.29) is 5.16 Å². The lowest BCUT2D eigenvalue weighted by Gasteiger charge is -2.03. The second-order valence-corrected chi connectivity index (χ2v) is 7.03. The van der Waals surface area contributed by atoms with Crippen LogP contribution in [0, 0.1) is 0 Å². The van der Waals surface area contributed by atoms with Crippen LogP contribution in [0.25, 0.3) is 27.9 Å². The Hall–Kier alpha value is -2.87. The molecule has 0 spiro atoms. The predicted octanol–water partition coefficient (Wildman–Crippen LogP) is 1.74. The third-order valence-electron chi connectivity index (χ3n) is 3.46. The zero-order chi connectivity index (χ0) is 16.0. The first kappa shape index (κ1) is 13.8. The van der Waals surface area contributed by atoms with Crippen molar-refractivity contribution in [2.24, 2.45) is 0 Å². The number of pyridine rings is 1. The van der Waals surface area contributed by atoms with E-state index in [2.05, 4.69) is 19.9 Å². The summed E-state index contributed by atoms with van der Waals surface area (Å²) in [6.07, 6.45) is 5.91. The second-order valence-electron chi connectivity index (χ2n) is 5.13. The molecular formula is C15H11N5O2S. The van der Waals surface area contributed by atoms with Crippen molar-refractivity contribution in [3.8, 4) is 11.4 Å². The molecule has 0 atom stereocenters. The highest BCUT2D eigenvalue weighted by atomic mass is 32.2. The zero-order valence-electron chi connectivity index (χ0n) is 12.1. The summed E-state index contributed by atoms with van der Waals surface area (Å²) in [6.45, 7) is 0. The maximum absolute atomic E-state index is 11.6. The van der Waals surface area contributed by atoms with E-state index in [0.29, 0.717) is 11.4 Å². The summed E-state index contributed by atoms with van der Waals surface area (Å²) in [4.78, 5) is 16.6. The fraction of sp³-hybridized carbons (Fsp3) is 0.0667. The summed E-state index contributed by atoms with van der Waals surface area (Å²) in [7, 11) is -3.46. The molecule has 0 saturated heterocycles. The van der Waals surface area contributed by atoms with Crippen LogP contribution in [-0.2, 0) is 9.84 Å². The van der Waals surface area contributed by atoms with Gasteiger partial charge in [0.15, 0.2) is 0 Å². The van der Waals surface area contributed by atoms with Gasteiger partial charge in [0.2, 0.25) is 15.0 Å². The molecule has 4 rings (SSSR count). The van der Waals surface area contributed by atoms with Gasteiger partial charge in [0, 0.05) is 24.0 Å². The van der Waals surface area contributed by atoms with Gasteiger partial charge in [0.1, 0.15) is 12.0 Å². The predicted molar refractivity (Wildman–Crippen MR) is 84.6 cm³/mol. The van der Waals surface area contributed by atoms with E-state index in [0.717, 1.165) is 22.8 Å². The normalized spacial score (nSPS) is 12.0. The van der Waals surface area contributed by atoms with Gasteiger partial charge in [0.05, 0.1) is 16.9 Å². The zero-order valence-corrected chi connectivity index (χ0v) is 12.9. The molecule has 0 radical (unpaired) electrons. The minimum absolute atomic E-state index is 0.210. The number of sulfone groups is 1. The number of hydrogen-bond donors (Lipinski definition) is 0. The molecule has 23 heavy (non-hydrogen) atoms. The number of aromatic nitrogens is 5. The fourth-order valence-corrected chi connectivity index (χ4v) is 2.91. The molecule has 0 aliphatic rings. The molecule has 7 nitrogen and oxygen atoms in total. The van der Waals surface area contributed by atoms with Gasteiger partial charge in [-0.15, -0.1) is 0 Å². The Kier molecular flexibility index (Phi) is 2.88. The van der Waals surface area contributed by atoms with E-state index >= 15 is 0 Å². The van der Waals surface area contributed by atoms with Gasteiger partial charge in [0.25, 0.3) is 0 Å². The van der Waals surface area contributed by atoms with Crippen molar-refractivity contribution in [2.45, 2.75) is 5.16 Å². The van der Waals surface area contributed by atoms with Crippen molar-refractivity contribution in [3.63, 3.8) is 0 Å². The largest absolute Gasteiger partial charge is 0.285 e. The molecule has 0 unspecified atom stereocenters. The van der Waals surface area contributed by atoms with Crippen LogP contribution in [0.15, 0.2) is 54.2 Å². The lowest BCUT2D eigenvalue weighted by molar-refractivity contribution is 0.593. The average molecular weight is 325 g/mol. The summed E-state index contributed by atoms with van der Waals surface area (Å²) in [5.41, 5.74) is 2.76. The quantitative estimate of drug-likeness (QED) is 0.521. The van der Waals surface area contributed by atoms with Gasteiger partial charge in [-0.05, 0) is 30.3 Å². The Morgan fingerprint density at radius 2 is 1.83 bits per heavy atom. The van der Waals surface area contributed by atoms with Gasteiger partial charge >= 0.3 is 0 Å². The van der Waals surface area contributed by atoms with Crippen molar-refractivity contribution in [1.82, 2.24) is 24.3 Å². The van der Waals surface area contributed by atoms with Crippen LogP contribution in [0.5, 0.6) is 0 Å².